The molecule has 0 spiro atoms. The van der Waals surface area contributed by atoms with Crippen molar-refractivity contribution in [3.05, 3.63) is 42.4 Å². The van der Waals surface area contributed by atoms with Crippen LogP contribution < -0.4 is 0 Å². The van der Waals surface area contributed by atoms with Crippen molar-refractivity contribution in [2.24, 2.45) is 0 Å². The van der Waals surface area contributed by atoms with Crippen LogP contribution >= 0.6 is 0 Å². The van der Waals surface area contributed by atoms with Crippen molar-refractivity contribution in [1.82, 2.24) is 19.9 Å². The molecule has 0 aliphatic rings. The third-order valence-electron chi connectivity index (χ3n) is 2.82. The molecule has 0 bridgehead atoms. The van der Waals surface area contributed by atoms with Crippen LogP contribution in [0, 0.1) is 0 Å². The molecule has 2 heterocycles. The Morgan fingerprint density at radius 2 is 1.89 bits per heavy atom. The third-order valence-corrected chi connectivity index (χ3v) is 2.82. The molecule has 0 unspecified atom stereocenters. The topological polar surface area (TPSA) is 54.5 Å². The Bertz CT molecular complexity index is 652. The summed E-state index contributed by atoms with van der Waals surface area (Å²) in [5, 5.41) is 0. The van der Waals surface area contributed by atoms with E-state index < -0.39 is 0 Å². The van der Waals surface area contributed by atoms with Crippen LogP contribution in [0.5, 0.6) is 0 Å². The number of rotatable bonds is 2. The van der Waals surface area contributed by atoms with E-state index in [0.29, 0.717) is 5.92 Å². The summed E-state index contributed by atoms with van der Waals surface area (Å²) in [4.78, 5) is 16.6. The molecule has 0 amide bonds. The first-order valence-electron chi connectivity index (χ1n) is 6.02. The van der Waals surface area contributed by atoms with Crippen LogP contribution in [0.3, 0.4) is 0 Å². The Morgan fingerprint density at radius 1 is 1.06 bits per heavy atom. The molecule has 18 heavy (non-hydrogen) atoms. The molecule has 0 aliphatic carbocycles. The predicted octanol–water partition coefficient (Wildman–Crippen LogP) is 3.14. The number of nitrogens with one attached hydrogen (secondary N) is 1. The highest BCUT2D eigenvalue weighted by Crippen LogP contribution is 2.19. The van der Waals surface area contributed by atoms with Gasteiger partial charge in [-0.3, -0.25) is 0 Å². The number of H-pyrrole nitrogens is 1. The van der Waals surface area contributed by atoms with E-state index >= 15 is 0 Å². The fourth-order valence-corrected chi connectivity index (χ4v) is 1.86. The fourth-order valence-electron chi connectivity index (χ4n) is 1.86. The number of fused-ring (bicyclic) bond motifs is 1. The molecule has 1 aromatic carbocycles. The van der Waals surface area contributed by atoms with Crippen molar-refractivity contribution < 1.29 is 0 Å². The van der Waals surface area contributed by atoms with Gasteiger partial charge in [-0.05, 0) is 18.2 Å². The average molecular weight is 238 g/mol. The lowest BCUT2D eigenvalue weighted by Crippen LogP contribution is -1.98. The molecule has 0 radical (unpaired) electrons. The van der Waals surface area contributed by atoms with Gasteiger partial charge in [0.15, 0.2) is 5.82 Å². The van der Waals surface area contributed by atoms with E-state index in [1.165, 1.54) is 0 Å². The minimum Gasteiger partial charge on any atom is -0.337 e. The minimum atomic E-state index is 0.314. The summed E-state index contributed by atoms with van der Waals surface area (Å²) in [6, 6.07) is 9.84. The van der Waals surface area contributed by atoms with Crippen LogP contribution in [0.2, 0.25) is 0 Å². The van der Waals surface area contributed by atoms with Gasteiger partial charge in [0, 0.05) is 12.1 Å². The zero-order valence-corrected chi connectivity index (χ0v) is 10.4. The van der Waals surface area contributed by atoms with E-state index in [-0.39, 0.29) is 0 Å². The standard InChI is InChI=1S/C14H14N4/c1-9(2)13-15-8-7-12(18-13)14-16-10-5-3-4-6-11(10)17-14/h3-9H,1-2H3,(H,16,17). The highest BCUT2D eigenvalue weighted by molar-refractivity contribution is 5.78. The summed E-state index contributed by atoms with van der Waals surface area (Å²) >= 11 is 0. The molecule has 4 nitrogen and oxygen atoms in total. The maximum absolute atomic E-state index is 4.54. The van der Waals surface area contributed by atoms with Crippen molar-refractivity contribution in [2.75, 3.05) is 0 Å². The van der Waals surface area contributed by atoms with E-state index in [4.69, 9.17) is 0 Å². The number of imidazole rings is 1. The van der Waals surface area contributed by atoms with Crippen molar-refractivity contribution in [1.29, 1.82) is 0 Å². The average Bonchev–Trinajstić information content (AvgIpc) is 2.82. The van der Waals surface area contributed by atoms with Gasteiger partial charge in [-0.15, -0.1) is 0 Å². The lowest BCUT2D eigenvalue weighted by molar-refractivity contribution is 0.775. The molecule has 0 fully saturated rings. The third kappa shape index (κ3) is 1.86. The predicted molar refractivity (Wildman–Crippen MR) is 71.2 cm³/mol. The monoisotopic (exact) mass is 238 g/mol. The minimum absolute atomic E-state index is 0.314. The number of hydrogen-bond acceptors (Lipinski definition) is 3. The van der Waals surface area contributed by atoms with E-state index in [1.54, 1.807) is 6.20 Å². The molecule has 2 aromatic heterocycles. The fraction of sp³-hybridized carbons (Fsp3) is 0.214. The van der Waals surface area contributed by atoms with Gasteiger partial charge in [0.1, 0.15) is 11.5 Å². The highest BCUT2D eigenvalue weighted by Gasteiger charge is 2.09. The van der Waals surface area contributed by atoms with Gasteiger partial charge in [0.2, 0.25) is 0 Å². The van der Waals surface area contributed by atoms with Gasteiger partial charge < -0.3 is 4.98 Å². The van der Waals surface area contributed by atoms with E-state index in [0.717, 1.165) is 28.4 Å². The van der Waals surface area contributed by atoms with Crippen LogP contribution in [0.25, 0.3) is 22.6 Å². The number of benzene rings is 1. The first-order chi connectivity index (χ1) is 8.74. The summed E-state index contributed by atoms with van der Waals surface area (Å²) in [6.45, 7) is 4.16. The zero-order valence-electron chi connectivity index (χ0n) is 10.4. The molecule has 4 heteroatoms. The molecule has 3 rings (SSSR count). The number of hydrogen-bond donors (Lipinski definition) is 1. The van der Waals surface area contributed by atoms with E-state index in [1.807, 2.05) is 30.3 Å². The summed E-state index contributed by atoms with van der Waals surface area (Å²) in [5.74, 6) is 1.95. The quantitative estimate of drug-likeness (QED) is 0.746. The van der Waals surface area contributed by atoms with Gasteiger partial charge in [0.25, 0.3) is 0 Å². The van der Waals surface area contributed by atoms with Gasteiger partial charge >= 0.3 is 0 Å². The maximum atomic E-state index is 4.54. The molecule has 0 atom stereocenters. The smallest absolute Gasteiger partial charge is 0.157 e. The summed E-state index contributed by atoms with van der Waals surface area (Å²) < 4.78 is 0. The zero-order chi connectivity index (χ0) is 12.5. The summed E-state index contributed by atoms with van der Waals surface area (Å²) in [6.07, 6.45) is 1.78. The number of aromatic amines is 1. The van der Waals surface area contributed by atoms with Gasteiger partial charge in [-0.1, -0.05) is 26.0 Å². The molecular weight excluding hydrogens is 224 g/mol. The van der Waals surface area contributed by atoms with Crippen molar-refractivity contribution in [3.63, 3.8) is 0 Å². The lowest BCUT2D eigenvalue weighted by Gasteiger charge is -2.03. The van der Waals surface area contributed by atoms with Crippen LogP contribution in [0.4, 0.5) is 0 Å². The number of aromatic nitrogens is 4. The van der Waals surface area contributed by atoms with E-state index in [2.05, 4.69) is 33.8 Å². The SMILES string of the molecule is CC(C)c1nccc(-c2nc3ccccc3[nH]2)n1. The Hall–Kier alpha value is -2.23. The van der Waals surface area contributed by atoms with Crippen molar-refractivity contribution in [3.8, 4) is 11.5 Å². The van der Waals surface area contributed by atoms with Crippen molar-refractivity contribution >= 4 is 11.0 Å². The number of nitrogens with zero attached hydrogens (tertiary/aromatic N) is 3. The first kappa shape index (κ1) is 10.9. The van der Waals surface area contributed by atoms with Crippen molar-refractivity contribution in [2.45, 2.75) is 19.8 Å². The van der Waals surface area contributed by atoms with Gasteiger partial charge in [-0.25, -0.2) is 15.0 Å². The molecule has 0 saturated heterocycles. The van der Waals surface area contributed by atoms with E-state index in [9.17, 15) is 0 Å². The van der Waals surface area contributed by atoms with Gasteiger partial charge in [-0.2, -0.15) is 0 Å². The Kier molecular flexibility index (Phi) is 2.55. The molecular formula is C14H14N4. The lowest BCUT2D eigenvalue weighted by atomic mass is 10.2. The first-order valence-corrected chi connectivity index (χ1v) is 6.02. The second-order valence-electron chi connectivity index (χ2n) is 4.56. The maximum Gasteiger partial charge on any atom is 0.157 e. The summed E-state index contributed by atoms with van der Waals surface area (Å²) in [7, 11) is 0. The normalized spacial score (nSPS) is 11.3. The Balaban J connectivity index is 2.11. The number of para-hydroxylation sites is 2. The molecule has 0 saturated carbocycles. The molecule has 0 aliphatic heterocycles. The van der Waals surface area contributed by atoms with Crippen LogP contribution in [-0.4, -0.2) is 19.9 Å². The van der Waals surface area contributed by atoms with Gasteiger partial charge in [0.05, 0.1) is 11.0 Å². The Labute approximate surface area is 105 Å². The van der Waals surface area contributed by atoms with Crippen LogP contribution in [0.1, 0.15) is 25.6 Å². The highest BCUT2D eigenvalue weighted by atomic mass is 15.0. The second-order valence-corrected chi connectivity index (χ2v) is 4.56. The van der Waals surface area contributed by atoms with Crippen LogP contribution in [0.15, 0.2) is 36.5 Å². The second kappa shape index (κ2) is 4.22. The molecule has 90 valence electrons. The largest absolute Gasteiger partial charge is 0.337 e. The molecule has 1 N–H and O–H groups in total. The summed E-state index contributed by atoms with van der Waals surface area (Å²) in [5.41, 5.74) is 2.82. The Morgan fingerprint density at radius 3 is 2.67 bits per heavy atom. The molecule has 3 aromatic rings. The van der Waals surface area contributed by atoms with Crippen LogP contribution in [-0.2, 0) is 0 Å².